The second kappa shape index (κ2) is 4.42. The van der Waals surface area contributed by atoms with E-state index in [4.69, 9.17) is 4.74 Å². The van der Waals surface area contributed by atoms with Gasteiger partial charge in [0.15, 0.2) is 0 Å². The monoisotopic (exact) mass is 192 g/mol. The molecule has 2 rings (SSSR count). The molecule has 1 fully saturated rings. The van der Waals surface area contributed by atoms with Crippen LogP contribution in [-0.4, -0.2) is 18.1 Å². The Bertz CT molecular complexity index is 280. The summed E-state index contributed by atoms with van der Waals surface area (Å²) in [7, 11) is 1.93. The summed E-state index contributed by atoms with van der Waals surface area (Å²) in [5.41, 5.74) is 1.19. The predicted molar refractivity (Wildman–Crippen MR) is 55.3 cm³/mol. The van der Waals surface area contributed by atoms with E-state index in [9.17, 15) is 0 Å². The molecule has 1 heterocycles. The van der Waals surface area contributed by atoms with Gasteiger partial charge < -0.3 is 10.1 Å². The molecule has 1 aromatic rings. The minimum atomic E-state index is 0.414. The van der Waals surface area contributed by atoms with E-state index in [0.29, 0.717) is 6.10 Å². The summed E-state index contributed by atoms with van der Waals surface area (Å²) in [6, 6.07) is 4.00. The first-order chi connectivity index (χ1) is 6.88. The highest BCUT2D eigenvalue weighted by molar-refractivity contribution is 5.18. The highest BCUT2D eigenvalue weighted by Gasteiger charge is 2.19. The molecule has 3 heteroatoms. The minimum Gasteiger partial charge on any atom is -0.474 e. The summed E-state index contributed by atoms with van der Waals surface area (Å²) in [5, 5.41) is 3.09. The van der Waals surface area contributed by atoms with Gasteiger partial charge in [0, 0.05) is 18.8 Å². The lowest BCUT2D eigenvalue weighted by Crippen LogP contribution is -2.24. The molecule has 0 bridgehead atoms. The van der Waals surface area contributed by atoms with Gasteiger partial charge in [0.25, 0.3) is 0 Å². The van der Waals surface area contributed by atoms with Crippen molar-refractivity contribution in [2.24, 2.45) is 0 Å². The molecule has 0 amide bonds. The molecule has 0 saturated heterocycles. The zero-order valence-corrected chi connectivity index (χ0v) is 8.49. The number of pyridine rings is 1. The number of aromatic nitrogens is 1. The summed E-state index contributed by atoms with van der Waals surface area (Å²) < 4.78 is 5.65. The van der Waals surface area contributed by atoms with Gasteiger partial charge in [0.05, 0.1) is 0 Å². The molecule has 3 nitrogen and oxygen atoms in total. The van der Waals surface area contributed by atoms with Crippen LogP contribution in [0.2, 0.25) is 0 Å². The Balaban J connectivity index is 1.91. The van der Waals surface area contributed by atoms with Crippen molar-refractivity contribution in [1.82, 2.24) is 10.3 Å². The molecule has 1 aromatic heterocycles. The Morgan fingerprint density at radius 2 is 2.36 bits per heavy atom. The maximum atomic E-state index is 5.65. The van der Waals surface area contributed by atoms with Gasteiger partial charge in [-0.1, -0.05) is 6.07 Å². The summed E-state index contributed by atoms with van der Waals surface area (Å²) in [5.74, 6) is 0.759. The average Bonchev–Trinajstić information content (AvgIpc) is 2.14. The molecule has 0 radical (unpaired) electrons. The van der Waals surface area contributed by atoms with E-state index in [2.05, 4.69) is 16.4 Å². The molecule has 1 aliphatic carbocycles. The molecule has 14 heavy (non-hydrogen) atoms. The van der Waals surface area contributed by atoms with Crippen LogP contribution in [0, 0.1) is 0 Å². The number of nitrogens with zero attached hydrogens (tertiary/aromatic N) is 1. The zero-order valence-electron chi connectivity index (χ0n) is 8.49. The van der Waals surface area contributed by atoms with Crippen molar-refractivity contribution >= 4 is 0 Å². The van der Waals surface area contributed by atoms with Gasteiger partial charge in [-0.3, -0.25) is 0 Å². The van der Waals surface area contributed by atoms with E-state index < -0.39 is 0 Å². The first-order valence-electron chi connectivity index (χ1n) is 5.14. The van der Waals surface area contributed by atoms with E-state index in [0.717, 1.165) is 12.4 Å². The van der Waals surface area contributed by atoms with Crippen LogP contribution in [0.25, 0.3) is 0 Å². The lowest BCUT2D eigenvalue weighted by molar-refractivity contribution is 0.114. The van der Waals surface area contributed by atoms with Gasteiger partial charge in [0.1, 0.15) is 6.10 Å². The Kier molecular flexibility index (Phi) is 2.99. The molecule has 0 unspecified atom stereocenters. The molecule has 1 saturated carbocycles. The Morgan fingerprint density at radius 3 is 2.86 bits per heavy atom. The molecular weight excluding hydrogens is 176 g/mol. The lowest BCUT2D eigenvalue weighted by atomic mass is 9.96. The van der Waals surface area contributed by atoms with E-state index >= 15 is 0 Å². The van der Waals surface area contributed by atoms with Crippen LogP contribution in [-0.2, 0) is 6.54 Å². The molecule has 0 spiro atoms. The van der Waals surface area contributed by atoms with Gasteiger partial charge in [0.2, 0.25) is 5.88 Å². The van der Waals surface area contributed by atoms with Crippen LogP contribution in [0.1, 0.15) is 24.8 Å². The van der Waals surface area contributed by atoms with Gasteiger partial charge in [-0.2, -0.15) is 0 Å². The molecule has 0 aromatic carbocycles. The molecule has 1 N–H and O–H groups in total. The van der Waals surface area contributed by atoms with Gasteiger partial charge >= 0.3 is 0 Å². The van der Waals surface area contributed by atoms with Crippen molar-refractivity contribution in [3.05, 3.63) is 23.9 Å². The third-order valence-corrected chi connectivity index (χ3v) is 2.52. The summed E-state index contributed by atoms with van der Waals surface area (Å²) in [4.78, 5) is 4.26. The minimum absolute atomic E-state index is 0.414. The Morgan fingerprint density at radius 1 is 1.50 bits per heavy atom. The normalized spacial score (nSPS) is 16.4. The van der Waals surface area contributed by atoms with E-state index in [1.165, 1.54) is 24.8 Å². The second-order valence-corrected chi connectivity index (χ2v) is 3.71. The largest absolute Gasteiger partial charge is 0.474 e. The number of hydrogen-bond donors (Lipinski definition) is 1. The van der Waals surface area contributed by atoms with Gasteiger partial charge in [-0.25, -0.2) is 4.98 Å². The molecule has 0 atom stereocenters. The SMILES string of the molecule is CNCc1ccc(OC2CCC2)nc1. The Labute approximate surface area is 84.5 Å². The fourth-order valence-corrected chi connectivity index (χ4v) is 1.45. The third kappa shape index (κ3) is 2.23. The van der Waals surface area contributed by atoms with Crippen molar-refractivity contribution in [3.8, 4) is 5.88 Å². The van der Waals surface area contributed by atoms with Crippen LogP contribution in [0.5, 0.6) is 5.88 Å². The topological polar surface area (TPSA) is 34.1 Å². The highest BCUT2D eigenvalue weighted by atomic mass is 16.5. The quantitative estimate of drug-likeness (QED) is 0.789. The van der Waals surface area contributed by atoms with Crippen molar-refractivity contribution in [2.45, 2.75) is 31.9 Å². The summed E-state index contributed by atoms with van der Waals surface area (Å²) in [6.07, 6.45) is 5.94. The average molecular weight is 192 g/mol. The van der Waals surface area contributed by atoms with Gasteiger partial charge in [-0.05, 0) is 31.9 Å². The maximum Gasteiger partial charge on any atom is 0.213 e. The standard InChI is InChI=1S/C11H16N2O/c1-12-7-9-5-6-11(13-8-9)14-10-3-2-4-10/h5-6,8,10,12H,2-4,7H2,1H3. The first kappa shape index (κ1) is 9.46. The van der Waals surface area contributed by atoms with Crippen LogP contribution in [0.15, 0.2) is 18.3 Å². The molecule has 1 aliphatic rings. The Hall–Kier alpha value is -1.09. The second-order valence-electron chi connectivity index (χ2n) is 3.71. The smallest absolute Gasteiger partial charge is 0.213 e. The van der Waals surface area contributed by atoms with Crippen molar-refractivity contribution < 1.29 is 4.74 Å². The highest BCUT2D eigenvalue weighted by Crippen LogP contribution is 2.23. The van der Waals surface area contributed by atoms with Crippen molar-refractivity contribution in [3.63, 3.8) is 0 Å². The summed E-state index contributed by atoms with van der Waals surface area (Å²) in [6.45, 7) is 0.858. The van der Waals surface area contributed by atoms with Crippen LogP contribution in [0.4, 0.5) is 0 Å². The van der Waals surface area contributed by atoms with E-state index in [1.807, 2.05) is 19.3 Å². The first-order valence-corrected chi connectivity index (χ1v) is 5.14. The lowest BCUT2D eigenvalue weighted by Gasteiger charge is -2.25. The third-order valence-electron chi connectivity index (χ3n) is 2.52. The number of rotatable bonds is 4. The number of nitrogens with one attached hydrogen (secondary N) is 1. The predicted octanol–water partition coefficient (Wildman–Crippen LogP) is 1.73. The van der Waals surface area contributed by atoms with Crippen molar-refractivity contribution in [1.29, 1.82) is 0 Å². The van der Waals surface area contributed by atoms with Crippen LogP contribution >= 0.6 is 0 Å². The zero-order chi connectivity index (χ0) is 9.80. The van der Waals surface area contributed by atoms with Crippen LogP contribution in [0.3, 0.4) is 0 Å². The fourth-order valence-electron chi connectivity index (χ4n) is 1.45. The number of ether oxygens (including phenoxy) is 1. The number of hydrogen-bond acceptors (Lipinski definition) is 3. The molecular formula is C11H16N2O. The fraction of sp³-hybridized carbons (Fsp3) is 0.545. The van der Waals surface area contributed by atoms with Gasteiger partial charge in [-0.15, -0.1) is 0 Å². The van der Waals surface area contributed by atoms with Crippen molar-refractivity contribution in [2.75, 3.05) is 7.05 Å². The van der Waals surface area contributed by atoms with Crippen LogP contribution < -0.4 is 10.1 Å². The van der Waals surface area contributed by atoms with E-state index in [1.54, 1.807) is 0 Å². The maximum absolute atomic E-state index is 5.65. The molecule has 0 aliphatic heterocycles. The summed E-state index contributed by atoms with van der Waals surface area (Å²) >= 11 is 0. The van der Waals surface area contributed by atoms with E-state index in [-0.39, 0.29) is 0 Å². The molecule has 76 valence electrons.